The summed E-state index contributed by atoms with van der Waals surface area (Å²) in [7, 11) is 0. The second-order valence-corrected chi connectivity index (χ2v) is 4.42. The molecule has 2 aromatic rings. The highest BCUT2D eigenvalue weighted by Crippen LogP contribution is 2.34. The molecule has 102 valence electrons. The molecular weight excluding hydrogens is 263 g/mol. The fraction of sp³-hybridized carbons (Fsp3) is 0.188. The number of nitriles is 1. The molecule has 0 atom stereocenters. The van der Waals surface area contributed by atoms with Crippen LogP contribution in [0.25, 0.3) is 11.1 Å². The average molecular weight is 275 g/mol. The Labute approximate surface area is 115 Å². The minimum Gasteiger partial charge on any atom is -0.192 e. The molecule has 0 unspecified atom stereocenters. The van der Waals surface area contributed by atoms with Crippen LogP contribution in [0.5, 0.6) is 0 Å². The van der Waals surface area contributed by atoms with Gasteiger partial charge in [-0.2, -0.15) is 18.4 Å². The number of alkyl halides is 3. The summed E-state index contributed by atoms with van der Waals surface area (Å²) >= 11 is 0. The van der Waals surface area contributed by atoms with E-state index in [0.29, 0.717) is 11.1 Å². The number of aryl methyl sites for hydroxylation is 1. The van der Waals surface area contributed by atoms with Gasteiger partial charge in [0.2, 0.25) is 0 Å². The van der Waals surface area contributed by atoms with Gasteiger partial charge in [-0.05, 0) is 35.7 Å². The third kappa shape index (κ3) is 2.83. The summed E-state index contributed by atoms with van der Waals surface area (Å²) in [5.74, 6) is 0. The predicted molar refractivity (Wildman–Crippen MR) is 71.0 cm³/mol. The van der Waals surface area contributed by atoms with E-state index >= 15 is 0 Å². The number of hydrogen-bond donors (Lipinski definition) is 0. The Balaban J connectivity index is 2.62. The molecule has 0 aromatic heterocycles. The van der Waals surface area contributed by atoms with Crippen LogP contribution in [-0.2, 0) is 12.6 Å². The molecular formula is C16H12F3N. The van der Waals surface area contributed by atoms with Crippen molar-refractivity contribution in [1.82, 2.24) is 0 Å². The molecule has 2 rings (SSSR count). The summed E-state index contributed by atoms with van der Waals surface area (Å²) in [5.41, 5.74) is 1.47. The Morgan fingerprint density at radius 1 is 1.10 bits per heavy atom. The quantitative estimate of drug-likeness (QED) is 0.771. The smallest absolute Gasteiger partial charge is 0.192 e. The van der Waals surface area contributed by atoms with E-state index in [9.17, 15) is 13.2 Å². The van der Waals surface area contributed by atoms with Gasteiger partial charge in [-0.3, -0.25) is 0 Å². The van der Waals surface area contributed by atoms with Crippen molar-refractivity contribution in [2.24, 2.45) is 0 Å². The van der Waals surface area contributed by atoms with Crippen LogP contribution in [0.4, 0.5) is 13.2 Å². The molecule has 20 heavy (non-hydrogen) atoms. The van der Waals surface area contributed by atoms with Crippen LogP contribution < -0.4 is 0 Å². The lowest BCUT2D eigenvalue weighted by Crippen LogP contribution is -2.05. The van der Waals surface area contributed by atoms with Crippen molar-refractivity contribution < 1.29 is 13.2 Å². The summed E-state index contributed by atoms with van der Waals surface area (Å²) in [6.45, 7) is 1.97. The fourth-order valence-corrected chi connectivity index (χ4v) is 2.02. The molecule has 0 radical (unpaired) electrons. The summed E-state index contributed by atoms with van der Waals surface area (Å²) in [4.78, 5) is 0. The van der Waals surface area contributed by atoms with Gasteiger partial charge in [-0.1, -0.05) is 31.2 Å². The van der Waals surface area contributed by atoms with Gasteiger partial charge in [0.25, 0.3) is 0 Å². The number of hydrogen-bond acceptors (Lipinski definition) is 1. The van der Waals surface area contributed by atoms with Gasteiger partial charge < -0.3 is 0 Å². The number of halogens is 3. The van der Waals surface area contributed by atoms with Crippen molar-refractivity contribution in [3.05, 3.63) is 59.2 Å². The molecule has 0 aliphatic rings. The molecule has 0 bridgehead atoms. The Bertz CT molecular complexity index is 666. The lowest BCUT2D eigenvalue weighted by molar-refractivity contribution is -0.137. The molecule has 0 saturated heterocycles. The Kier molecular flexibility index (Phi) is 3.80. The molecule has 0 spiro atoms. The van der Waals surface area contributed by atoms with E-state index in [1.165, 1.54) is 6.07 Å². The van der Waals surface area contributed by atoms with Crippen LogP contribution in [-0.4, -0.2) is 0 Å². The van der Waals surface area contributed by atoms with Gasteiger partial charge in [0.1, 0.15) is 0 Å². The first-order valence-electron chi connectivity index (χ1n) is 6.16. The lowest BCUT2D eigenvalue weighted by Gasteiger charge is -2.11. The van der Waals surface area contributed by atoms with Crippen LogP contribution in [0, 0.1) is 11.3 Å². The van der Waals surface area contributed by atoms with Gasteiger partial charge in [0.05, 0.1) is 17.2 Å². The van der Waals surface area contributed by atoms with E-state index < -0.39 is 11.7 Å². The van der Waals surface area contributed by atoms with E-state index in [2.05, 4.69) is 0 Å². The molecule has 0 saturated carbocycles. The van der Waals surface area contributed by atoms with E-state index in [4.69, 9.17) is 5.26 Å². The van der Waals surface area contributed by atoms with Crippen LogP contribution in [0.15, 0.2) is 42.5 Å². The van der Waals surface area contributed by atoms with Crippen molar-refractivity contribution in [3.63, 3.8) is 0 Å². The van der Waals surface area contributed by atoms with E-state index in [1.54, 1.807) is 12.1 Å². The molecule has 2 aromatic carbocycles. The normalized spacial score (nSPS) is 11.2. The first-order chi connectivity index (χ1) is 9.45. The van der Waals surface area contributed by atoms with E-state index in [0.717, 1.165) is 24.1 Å². The SMILES string of the molecule is CCc1cccc(-c2cc(C(F)(F)F)ccc2C#N)c1. The molecule has 0 fully saturated rings. The number of nitrogens with zero attached hydrogens (tertiary/aromatic N) is 1. The summed E-state index contributed by atoms with van der Waals surface area (Å²) in [5, 5.41) is 9.07. The van der Waals surface area contributed by atoms with Gasteiger partial charge in [-0.25, -0.2) is 0 Å². The highest BCUT2D eigenvalue weighted by Gasteiger charge is 2.31. The van der Waals surface area contributed by atoms with Crippen LogP contribution >= 0.6 is 0 Å². The Morgan fingerprint density at radius 3 is 2.45 bits per heavy atom. The molecule has 0 aliphatic carbocycles. The average Bonchev–Trinajstić information content (AvgIpc) is 2.45. The largest absolute Gasteiger partial charge is 0.416 e. The zero-order chi connectivity index (χ0) is 14.8. The summed E-state index contributed by atoms with van der Waals surface area (Å²) in [6, 6.07) is 12.4. The van der Waals surface area contributed by atoms with Crippen molar-refractivity contribution in [1.29, 1.82) is 5.26 Å². The molecule has 0 amide bonds. The third-order valence-electron chi connectivity index (χ3n) is 3.11. The summed E-state index contributed by atoms with van der Waals surface area (Å²) < 4.78 is 38.3. The Morgan fingerprint density at radius 2 is 1.85 bits per heavy atom. The van der Waals surface area contributed by atoms with E-state index in [-0.39, 0.29) is 5.56 Å². The van der Waals surface area contributed by atoms with Crippen molar-refractivity contribution in [2.75, 3.05) is 0 Å². The number of rotatable bonds is 2. The van der Waals surface area contributed by atoms with Crippen LogP contribution in [0.1, 0.15) is 23.6 Å². The predicted octanol–water partition coefficient (Wildman–Crippen LogP) is 4.81. The van der Waals surface area contributed by atoms with Gasteiger partial charge >= 0.3 is 6.18 Å². The van der Waals surface area contributed by atoms with Crippen LogP contribution in [0.2, 0.25) is 0 Å². The first-order valence-corrected chi connectivity index (χ1v) is 6.16. The highest BCUT2D eigenvalue weighted by atomic mass is 19.4. The van der Waals surface area contributed by atoms with Gasteiger partial charge in [0.15, 0.2) is 0 Å². The lowest BCUT2D eigenvalue weighted by atomic mass is 9.96. The topological polar surface area (TPSA) is 23.8 Å². The highest BCUT2D eigenvalue weighted by molar-refractivity contribution is 5.71. The minimum absolute atomic E-state index is 0.242. The number of benzene rings is 2. The maximum absolute atomic E-state index is 12.8. The molecule has 0 aliphatic heterocycles. The zero-order valence-corrected chi connectivity index (χ0v) is 10.8. The van der Waals surface area contributed by atoms with E-state index in [1.807, 2.05) is 25.1 Å². The molecule has 0 heterocycles. The minimum atomic E-state index is -4.41. The second-order valence-electron chi connectivity index (χ2n) is 4.42. The van der Waals surface area contributed by atoms with Crippen molar-refractivity contribution in [2.45, 2.75) is 19.5 Å². The maximum atomic E-state index is 12.8. The fourth-order valence-electron chi connectivity index (χ4n) is 2.02. The summed E-state index contributed by atoms with van der Waals surface area (Å²) in [6.07, 6.45) is -3.63. The van der Waals surface area contributed by atoms with Gasteiger partial charge in [-0.15, -0.1) is 0 Å². The molecule has 1 nitrogen and oxygen atoms in total. The Hall–Kier alpha value is -2.28. The van der Waals surface area contributed by atoms with Gasteiger partial charge in [0, 0.05) is 5.56 Å². The van der Waals surface area contributed by atoms with Crippen LogP contribution in [0.3, 0.4) is 0 Å². The monoisotopic (exact) mass is 275 g/mol. The second kappa shape index (κ2) is 5.38. The first kappa shape index (κ1) is 14.1. The molecule has 4 heteroatoms. The van der Waals surface area contributed by atoms with Crippen molar-refractivity contribution in [3.8, 4) is 17.2 Å². The third-order valence-corrected chi connectivity index (χ3v) is 3.11. The standard InChI is InChI=1S/C16H12F3N/c1-2-11-4-3-5-12(8-11)15-9-14(16(17,18)19)7-6-13(15)10-20/h3-9H,2H2,1H3. The molecule has 0 N–H and O–H groups in total. The van der Waals surface area contributed by atoms with Crippen molar-refractivity contribution >= 4 is 0 Å². The maximum Gasteiger partial charge on any atom is 0.416 e. The zero-order valence-electron chi connectivity index (χ0n) is 10.8.